The van der Waals surface area contributed by atoms with E-state index in [4.69, 9.17) is 9.84 Å². The quantitative estimate of drug-likeness (QED) is 0.683. The lowest BCUT2D eigenvalue weighted by Gasteiger charge is -2.14. The number of nitrogens with one attached hydrogen (secondary N) is 1. The first-order chi connectivity index (χ1) is 8.27. The van der Waals surface area contributed by atoms with Crippen LogP contribution in [0.2, 0.25) is 0 Å². The molecule has 3 nitrogen and oxygen atoms in total. The molecule has 1 rings (SSSR count). The predicted molar refractivity (Wildman–Crippen MR) is 70.3 cm³/mol. The SMILES string of the molecule is COc1ccc([C@@H](C)NCCCCCO)cc1. The van der Waals surface area contributed by atoms with Crippen LogP contribution in [0, 0.1) is 0 Å². The first-order valence-corrected chi connectivity index (χ1v) is 6.26. The van der Waals surface area contributed by atoms with Crippen LogP contribution in [0.5, 0.6) is 5.75 Å². The van der Waals surface area contributed by atoms with Gasteiger partial charge in [0.25, 0.3) is 0 Å². The number of ether oxygens (including phenoxy) is 1. The monoisotopic (exact) mass is 237 g/mol. The fourth-order valence-electron chi connectivity index (χ4n) is 1.74. The van der Waals surface area contributed by atoms with Gasteiger partial charge in [0.05, 0.1) is 7.11 Å². The highest BCUT2D eigenvalue weighted by Crippen LogP contribution is 2.17. The molecule has 0 radical (unpaired) electrons. The molecule has 17 heavy (non-hydrogen) atoms. The van der Waals surface area contributed by atoms with Gasteiger partial charge < -0.3 is 15.2 Å². The van der Waals surface area contributed by atoms with Gasteiger partial charge in [0, 0.05) is 12.6 Å². The number of methoxy groups -OCH3 is 1. The van der Waals surface area contributed by atoms with E-state index in [9.17, 15) is 0 Å². The molecule has 0 aliphatic carbocycles. The summed E-state index contributed by atoms with van der Waals surface area (Å²) >= 11 is 0. The molecule has 1 aromatic rings. The van der Waals surface area contributed by atoms with E-state index in [1.165, 1.54) is 5.56 Å². The zero-order valence-electron chi connectivity index (χ0n) is 10.8. The molecule has 0 aromatic heterocycles. The standard InChI is InChI=1S/C14H23NO2/c1-12(15-10-4-3-5-11-16)13-6-8-14(17-2)9-7-13/h6-9,12,15-16H,3-5,10-11H2,1-2H3/t12-/m1/s1. The molecule has 0 amide bonds. The third-order valence-corrected chi connectivity index (χ3v) is 2.90. The molecule has 0 fully saturated rings. The lowest BCUT2D eigenvalue weighted by Crippen LogP contribution is -2.19. The molecule has 96 valence electrons. The van der Waals surface area contributed by atoms with E-state index >= 15 is 0 Å². The van der Waals surface area contributed by atoms with Crippen molar-refractivity contribution in [3.05, 3.63) is 29.8 Å². The van der Waals surface area contributed by atoms with Crippen molar-refractivity contribution in [1.82, 2.24) is 5.32 Å². The molecule has 0 heterocycles. The van der Waals surface area contributed by atoms with Gasteiger partial charge in [0.2, 0.25) is 0 Å². The molecule has 0 saturated carbocycles. The Labute approximate surface area is 104 Å². The van der Waals surface area contributed by atoms with Crippen LogP contribution >= 0.6 is 0 Å². The molecule has 0 unspecified atom stereocenters. The fourth-order valence-corrected chi connectivity index (χ4v) is 1.74. The molecule has 3 heteroatoms. The fraction of sp³-hybridized carbons (Fsp3) is 0.571. The molecule has 1 aromatic carbocycles. The van der Waals surface area contributed by atoms with Crippen LogP contribution in [0.4, 0.5) is 0 Å². The van der Waals surface area contributed by atoms with Crippen molar-refractivity contribution in [2.24, 2.45) is 0 Å². The number of rotatable bonds is 8. The summed E-state index contributed by atoms with van der Waals surface area (Å²) in [7, 11) is 1.68. The maximum Gasteiger partial charge on any atom is 0.118 e. The van der Waals surface area contributed by atoms with E-state index < -0.39 is 0 Å². The van der Waals surface area contributed by atoms with E-state index in [2.05, 4.69) is 24.4 Å². The van der Waals surface area contributed by atoms with Gasteiger partial charge >= 0.3 is 0 Å². The van der Waals surface area contributed by atoms with E-state index in [0.717, 1.165) is 31.6 Å². The lowest BCUT2D eigenvalue weighted by atomic mass is 10.1. The zero-order chi connectivity index (χ0) is 12.5. The van der Waals surface area contributed by atoms with Gasteiger partial charge in [0.15, 0.2) is 0 Å². The first kappa shape index (κ1) is 14.0. The summed E-state index contributed by atoms with van der Waals surface area (Å²) < 4.78 is 5.13. The Morgan fingerprint density at radius 2 is 1.88 bits per heavy atom. The lowest BCUT2D eigenvalue weighted by molar-refractivity contribution is 0.282. The second kappa shape index (κ2) is 8.09. The number of hydrogen-bond acceptors (Lipinski definition) is 3. The Hall–Kier alpha value is -1.06. The molecule has 1 atom stereocenters. The Balaban J connectivity index is 2.28. The molecule has 2 N–H and O–H groups in total. The second-order valence-corrected chi connectivity index (χ2v) is 4.23. The molecule has 0 saturated heterocycles. The van der Waals surface area contributed by atoms with Gasteiger partial charge in [0.1, 0.15) is 5.75 Å². The van der Waals surface area contributed by atoms with Crippen LogP contribution in [0.1, 0.15) is 37.8 Å². The minimum atomic E-state index is 0.300. The highest BCUT2D eigenvalue weighted by atomic mass is 16.5. The first-order valence-electron chi connectivity index (χ1n) is 6.26. The maximum atomic E-state index is 8.67. The van der Waals surface area contributed by atoms with Crippen LogP contribution in [-0.2, 0) is 0 Å². The number of aliphatic hydroxyl groups is 1. The van der Waals surface area contributed by atoms with E-state index in [-0.39, 0.29) is 0 Å². The molecular weight excluding hydrogens is 214 g/mol. The van der Waals surface area contributed by atoms with E-state index in [1.54, 1.807) is 7.11 Å². The van der Waals surface area contributed by atoms with Gasteiger partial charge in [-0.15, -0.1) is 0 Å². The molecule has 0 aliphatic heterocycles. The predicted octanol–water partition coefficient (Wildman–Crippen LogP) is 2.51. The zero-order valence-corrected chi connectivity index (χ0v) is 10.8. The summed E-state index contributed by atoms with van der Waals surface area (Å²) in [5.41, 5.74) is 1.27. The summed E-state index contributed by atoms with van der Waals surface area (Å²) in [6.07, 6.45) is 3.10. The highest BCUT2D eigenvalue weighted by molar-refractivity contribution is 5.28. The highest BCUT2D eigenvalue weighted by Gasteiger charge is 2.03. The van der Waals surface area contributed by atoms with Gasteiger partial charge in [-0.25, -0.2) is 0 Å². The van der Waals surface area contributed by atoms with Gasteiger partial charge in [-0.05, 0) is 50.4 Å². The third-order valence-electron chi connectivity index (χ3n) is 2.90. The van der Waals surface area contributed by atoms with Crippen LogP contribution < -0.4 is 10.1 Å². The Morgan fingerprint density at radius 1 is 1.18 bits per heavy atom. The molecule has 0 bridgehead atoms. The van der Waals surface area contributed by atoms with Crippen LogP contribution in [0.3, 0.4) is 0 Å². The van der Waals surface area contributed by atoms with Gasteiger partial charge in [-0.1, -0.05) is 12.1 Å². The average Bonchev–Trinajstić information content (AvgIpc) is 2.38. The molecule has 0 spiro atoms. The molecule has 0 aliphatic rings. The van der Waals surface area contributed by atoms with Crippen LogP contribution in [0.15, 0.2) is 24.3 Å². The maximum absolute atomic E-state index is 8.67. The third kappa shape index (κ3) is 5.20. The van der Waals surface area contributed by atoms with Crippen LogP contribution in [-0.4, -0.2) is 25.4 Å². The minimum absolute atomic E-state index is 0.300. The van der Waals surface area contributed by atoms with Crippen LogP contribution in [0.25, 0.3) is 0 Å². The topological polar surface area (TPSA) is 41.5 Å². The van der Waals surface area contributed by atoms with Crippen molar-refractivity contribution in [2.75, 3.05) is 20.3 Å². The second-order valence-electron chi connectivity index (χ2n) is 4.23. The van der Waals surface area contributed by atoms with Crippen molar-refractivity contribution < 1.29 is 9.84 Å². The summed E-state index contributed by atoms with van der Waals surface area (Å²) in [4.78, 5) is 0. The van der Waals surface area contributed by atoms with Gasteiger partial charge in [-0.3, -0.25) is 0 Å². The average molecular weight is 237 g/mol. The summed E-state index contributed by atoms with van der Waals surface area (Å²) in [5, 5.41) is 12.1. The number of aliphatic hydroxyl groups excluding tert-OH is 1. The van der Waals surface area contributed by atoms with E-state index in [1.807, 2.05) is 12.1 Å². The molecular formula is C14H23NO2. The van der Waals surface area contributed by atoms with E-state index in [0.29, 0.717) is 12.6 Å². The Bertz CT molecular complexity index is 298. The van der Waals surface area contributed by atoms with Crippen molar-refractivity contribution in [1.29, 1.82) is 0 Å². The Kier molecular flexibility index (Phi) is 6.67. The minimum Gasteiger partial charge on any atom is -0.497 e. The van der Waals surface area contributed by atoms with Crippen molar-refractivity contribution in [3.8, 4) is 5.75 Å². The number of unbranched alkanes of at least 4 members (excludes halogenated alkanes) is 2. The largest absolute Gasteiger partial charge is 0.497 e. The number of hydrogen-bond donors (Lipinski definition) is 2. The van der Waals surface area contributed by atoms with Crippen molar-refractivity contribution in [2.45, 2.75) is 32.2 Å². The summed E-state index contributed by atoms with van der Waals surface area (Å²) in [6.45, 7) is 3.45. The number of benzene rings is 1. The normalized spacial score (nSPS) is 12.4. The Morgan fingerprint density at radius 3 is 2.47 bits per heavy atom. The van der Waals surface area contributed by atoms with Crippen molar-refractivity contribution >= 4 is 0 Å². The van der Waals surface area contributed by atoms with Gasteiger partial charge in [-0.2, -0.15) is 0 Å². The van der Waals surface area contributed by atoms with Crippen molar-refractivity contribution in [3.63, 3.8) is 0 Å². The summed E-state index contributed by atoms with van der Waals surface area (Å²) in [6, 6.07) is 8.50. The summed E-state index contributed by atoms with van der Waals surface area (Å²) in [5.74, 6) is 0.892. The smallest absolute Gasteiger partial charge is 0.118 e.